The van der Waals surface area contributed by atoms with Gasteiger partial charge in [-0.05, 0) is 55.3 Å². The fourth-order valence-electron chi connectivity index (χ4n) is 3.96. The van der Waals surface area contributed by atoms with E-state index in [0.717, 1.165) is 24.5 Å². The number of amides is 2. The molecule has 0 radical (unpaired) electrons. The highest BCUT2D eigenvalue weighted by Gasteiger charge is 2.35. The lowest BCUT2D eigenvalue weighted by molar-refractivity contribution is -0.122. The largest absolute Gasteiger partial charge is 0.506 e. The van der Waals surface area contributed by atoms with Crippen LogP contribution >= 0.6 is 0 Å². The standard InChI is InChI=1S/C22H23N3O5/c26-19-8-3-14(22(29)30)11-18(19)23-21(28)15-12-20(27)25(13-15)17-6-4-16(5-7-17)24-9-1-2-10-24/h3-8,11,15,26H,1-2,9-10,12-13H2,(H,23,28)(H,29,30). The summed E-state index contributed by atoms with van der Waals surface area (Å²) in [4.78, 5) is 40.2. The van der Waals surface area contributed by atoms with Crippen molar-refractivity contribution in [2.45, 2.75) is 19.3 Å². The van der Waals surface area contributed by atoms with Crippen LogP contribution in [0.1, 0.15) is 29.6 Å². The first-order valence-corrected chi connectivity index (χ1v) is 9.95. The number of carboxylic acids is 1. The molecule has 4 rings (SSSR count). The number of hydrogen-bond acceptors (Lipinski definition) is 5. The number of carbonyl (C=O) groups is 3. The molecular formula is C22H23N3O5. The van der Waals surface area contributed by atoms with Crippen LogP contribution in [0, 0.1) is 5.92 Å². The average molecular weight is 409 g/mol. The Labute approximate surface area is 173 Å². The van der Waals surface area contributed by atoms with Gasteiger partial charge in [0.1, 0.15) is 5.75 Å². The van der Waals surface area contributed by atoms with E-state index in [1.807, 2.05) is 24.3 Å². The van der Waals surface area contributed by atoms with E-state index in [-0.39, 0.29) is 35.9 Å². The fraction of sp³-hybridized carbons (Fsp3) is 0.318. The number of carbonyl (C=O) groups excluding carboxylic acids is 2. The first-order valence-electron chi connectivity index (χ1n) is 9.95. The van der Waals surface area contributed by atoms with Crippen LogP contribution in [0.25, 0.3) is 0 Å². The Morgan fingerprint density at radius 2 is 1.67 bits per heavy atom. The summed E-state index contributed by atoms with van der Waals surface area (Å²) in [6.45, 7) is 2.31. The minimum atomic E-state index is -1.16. The van der Waals surface area contributed by atoms with E-state index in [1.165, 1.54) is 31.0 Å². The molecule has 2 aliphatic heterocycles. The molecule has 2 aromatic rings. The summed E-state index contributed by atoms with van der Waals surface area (Å²) in [5, 5.41) is 21.5. The van der Waals surface area contributed by atoms with Crippen LogP contribution in [0.3, 0.4) is 0 Å². The maximum absolute atomic E-state index is 12.6. The van der Waals surface area contributed by atoms with Gasteiger partial charge < -0.3 is 25.3 Å². The Balaban J connectivity index is 1.43. The summed E-state index contributed by atoms with van der Waals surface area (Å²) in [6.07, 6.45) is 2.43. The summed E-state index contributed by atoms with van der Waals surface area (Å²) < 4.78 is 0. The third-order valence-corrected chi connectivity index (χ3v) is 5.63. The van der Waals surface area contributed by atoms with Crippen LogP contribution in [-0.4, -0.2) is 47.6 Å². The highest BCUT2D eigenvalue weighted by molar-refractivity contribution is 6.04. The van der Waals surface area contributed by atoms with Crippen molar-refractivity contribution in [2.24, 2.45) is 5.92 Å². The van der Waals surface area contributed by atoms with Crippen molar-refractivity contribution in [1.82, 2.24) is 0 Å². The second-order valence-corrected chi connectivity index (χ2v) is 7.64. The summed E-state index contributed by atoms with van der Waals surface area (Å²) in [6, 6.07) is 11.4. The molecule has 8 nitrogen and oxygen atoms in total. The van der Waals surface area contributed by atoms with Crippen molar-refractivity contribution in [3.8, 4) is 5.75 Å². The topological polar surface area (TPSA) is 110 Å². The summed E-state index contributed by atoms with van der Waals surface area (Å²) in [5.41, 5.74) is 1.84. The molecule has 2 aromatic carbocycles. The van der Waals surface area contributed by atoms with Crippen molar-refractivity contribution in [2.75, 3.05) is 34.8 Å². The number of anilines is 3. The quantitative estimate of drug-likeness (QED) is 0.655. The number of nitrogens with one attached hydrogen (secondary N) is 1. The van der Waals surface area contributed by atoms with Crippen molar-refractivity contribution in [1.29, 1.82) is 0 Å². The van der Waals surface area contributed by atoms with E-state index in [9.17, 15) is 19.5 Å². The van der Waals surface area contributed by atoms with E-state index in [2.05, 4.69) is 10.2 Å². The number of hydrogen-bond donors (Lipinski definition) is 3. The van der Waals surface area contributed by atoms with E-state index in [0.29, 0.717) is 0 Å². The number of nitrogens with zero attached hydrogens (tertiary/aromatic N) is 2. The smallest absolute Gasteiger partial charge is 0.335 e. The Hall–Kier alpha value is -3.55. The van der Waals surface area contributed by atoms with Gasteiger partial charge in [-0.15, -0.1) is 0 Å². The molecule has 0 spiro atoms. The Kier molecular flexibility index (Phi) is 5.31. The lowest BCUT2D eigenvalue weighted by Gasteiger charge is -2.20. The molecule has 2 aliphatic rings. The summed E-state index contributed by atoms with van der Waals surface area (Å²) >= 11 is 0. The number of aromatic hydroxyl groups is 1. The van der Waals surface area contributed by atoms with Crippen LogP contribution in [0.15, 0.2) is 42.5 Å². The third kappa shape index (κ3) is 3.94. The van der Waals surface area contributed by atoms with Gasteiger partial charge in [-0.2, -0.15) is 0 Å². The molecule has 156 valence electrons. The van der Waals surface area contributed by atoms with Gasteiger partial charge in [0.2, 0.25) is 11.8 Å². The molecule has 1 unspecified atom stereocenters. The van der Waals surface area contributed by atoms with Crippen LogP contribution in [0.2, 0.25) is 0 Å². The fourth-order valence-corrected chi connectivity index (χ4v) is 3.96. The zero-order chi connectivity index (χ0) is 21.3. The molecule has 2 heterocycles. The maximum atomic E-state index is 12.6. The van der Waals surface area contributed by atoms with Gasteiger partial charge in [-0.25, -0.2) is 4.79 Å². The van der Waals surface area contributed by atoms with Crippen molar-refractivity contribution in [3.63, 3.8) is 0 Å². The van der Waals surface area contributed by atoms with Gasteiger partial charge in [0, 0.05) is 37.4 Å². The van der Waals surface area contributed by atoms with Gasteiger partial charge in [0.05, 0.1) is 17.2 Å². The van der Waals surface area contributed by atoms with Crippen molar-refractivity contribution >= 4 is 34.8 Å². The van der Waals surface area contributed by atoms with Crippen LogP contribution in [0.5, 0.6) is 5.75 Å². The predicted octanol–water partition coefficient (Wildman–Crippen LogP) is 2.68. The van der Waals surface area contributed by atoms with Crippen molar-refractivity contribution < 1.29 is 24.6 Å². The molecule has 30 heavy (non-hydrogen) atoms. The highest BCUT2D eigenvalue weighted by Crippen LogP contribution is 2.30. The second kappa shape index (κ2) is 8.06. The van der Waals surface area contributed by atoms with Gasteiger partial charge >= 0.3 is 5.97 Å². The number of phenolic OH excluding ortho intramolecular Hbond substituents is 1. The predicted molar refractivity (Wildman–Crippen MR) is 112 cm³/mol. The molecule has 1 atom stereocenters. The van der Waals surface area contributed by atoms with Crippen LogP contribution in [0.4, 0.5) is 17.1 Å². The first kappa shape index (κ1) is 19.8. The second-order valence-electron chi connectivity index (χ2n) is 7.64. The van der Waals surface area contributed by atoms with Crippen LogP contribution < -0.4 is 15.1 Å². The molecule has 2 fully saturated rings. The van der Waals surface area contributed by atoms with E-state index < -0.39 is 17.8 Å². The average Bonchev–Trinajstić information content (AvgIpc) is 3.39. The van der Waals surface area contributed by atoms with E-state index >= 15 is 0 Å². The molecule has 0 aromatic heterocycles. The molecule has 8 heteroatoms. The van der Waals surface area contributed by atoms with E-state index in [4.69, 9.17) is 5.11 Å². The number of carboxylic acid groups (broad SMARTS) is 1. The first-order chi connectivity index (χ1) is 14.4. The molecule has 0 saturated carbocycles. The Morgan fingerprint density at radius 3 is 2.33 bits per heavy atom. The summed E-state index contributed by atoms with van der Waals surface area (Å²) in [5.74, 6) is -2.56. The van der Waals surface area contributed by atoms with Gasteiger partial charge in [0.15, 0.2) is 0 Å². The Bertz CT molecular complexity index is 983. The monoisotopic (exact) mass is 409 g/mol. The van der Waals surface area contributed by atoms with Gasteiger partial charge in [-0.1, -0.05) is 0 Å². The zero-order valence-electron chi connectivity index (χ0n) is 16.4. The zero-order valence-corrected chi connectivity index (χ0v) is 16.4. The number of aromatic carboxylic acids is 1. The third-order valence-electron chi connectivity index (χ3n) is 5.63. The van der Waals surface area contributed by atoms with Crippen LogP contribution in [-0.2, 0) is 9.59 Å². The molecular weight excluding hydrogens is 386 g/mol. The number of rotatable bonds is 5. The van der Waals surface area contributed by atoms with Gasteiger partial charge in [-0.3, -0.25) is 9.59 Å². The van der Waals surface area contributed by atoms with Gasteiger partial charge in [0.25, 0.3) is 0 Å². The molecule has 0 bridgehead atoms. The number of benzene rings is 2. The lowest BCUT2D eigenvalue weighted by Crippen LogP contribution is -2.28. The highest BCUT2D eigenvalue weighted by atomic mass is 16.4. The van der Waals surface area contributed by atoms with E-state index in [1.54, 1.807) is 4.90 Å². The normalized spacial score (nSPS) is 18.7. The molecule has 3 N–H and O–H groups in total. The maximum Gasteiger partial charge on any atom is 0.335 e. The number of phenols is 1. The minimum Gasteiger partial charge on any atom is -0.506 e. The minimum absolute atomic E-state index is 0.0146. The van der Waals surface area contributed by atoms with Crippen molar-refractivity contribution in [3.05, 3.63) is 48.0 Å². The molecule has 2 amide bonds. The molecule has 2 saturated heterocycles. The Morgan fingerprint density at radius 1 is 1.00 bits per heavy atom. The lowest BCUT2D eigenvalue weighted by atomic mass is 10.1. The molecule has 0 aliphatic carbocycles. The summed E-state index contributed by atoms with van der Waals surface area (Å²) in [7, 11) is 0. The SMILES string of the molecule is O=C(O)c1ccc(O)c(NC(=O)C2CC(=O)N(c3ccc(N4CCCC4)cc3)C2)c1.